The van der Waals surface area contributed by atoms with Crippen LogP contribution >= 0.6 is 11.8 Å². The van der Waals surface area contributed by atoms with Crippen LogP contribution in [0.5, 0.6) is 0 Å². The fourth-order valence-electron chi connectivity index (χ4n) is 2.69. The van der Waals surface area contributed by atoms with E-state index in [0.29, 0.717) is 12.3 Å². The van der Waals surface area contributed by atoms with Crippen molar-refractivity contribution in [3.05, 3.63) is 71.8 Å². The molecule has 2 rings (SSSR count). The van der Waals surface area contributed by atoms with Crippen molar-refractivity contribution in [2.24, 2.45) is 0 Å². The number of rotatable bonds is 9. The number of nitrogens with one attached hydrogen (secondary N) is 1. The third-order valence-electron chi connectivity index (χ3n) is 4.23. The Morgan fingerprint density at radius 2 is 1.58 bits per heavy atom. The van der Waals surface area contributed by atoms with Gasteiger partial charge in [-0.05, 0) is 24.5 Å². The third kappa shape index (κ3) is 6.23. The highest BCUT2D eigenvalue weighted by molar-refractivity contribution is 7.99. The van der Waals surface area contributed by atoms with Crippen molar-refractivity contribution >= 4 is 23.6 Å². The van der Waals surface area contributed by atoms with E-state index in [1.165, 1.54) is 5.56 Å². The van der Waals surface area contributed by atoms with Crippen LogP contribution in [0, 0.1) is 0 Å². The summed E-state index contributed by atoms with van der Waals surface area (Å²) in [7, 11) is 1.60. The largest absolute Gasteiger partial charge is 0.357 e. The molecule has 0 radical (unpaired) electrons. The Bertz CT molecular complexity index is 692. The summed E-state index contributed by atoms with van der Waals surface area (Å²) in [5.74, 6) is 1.01. The Hall–Kier alpha value is -2.27. The van der Waals surface area contributed by atoms with Crippen molar-refractivity contribution in [1.82, 2.24) is 10.2 Å². The molecule has 0 bridgehead atoms. The molecule has 4 nitrogen and oxygen atoms in total. The number of amides is 2. The van der Waals surface area contributed by atoms with E-state index in [2.05, 4.69) is 17.4 Å². The van der Waals surface area contributed by atoms with Crippen LogP contribution < -0.4 is 5.32 Å². The normalized spacial score (nSPS) is 11.6. The summed E-state index contributed by atoms with van der Waals surface area (Å²) in [5.41, 5.74) is 2.35. The standard InChI is InChI=1S/C21H26N2O2S/c1-17(21(25)22-2)23(14-13-18-9-5-3-6-10-18)20(24)16-26-15-19-11-7-4-8-12-19/h3-12,17H,13-16H2,1-2H3,(H,22,25)/t17-/m1/s1. The molecule has 0 aliphatic heterocycles. The van der Waals surface area contributed by atoms with Crippen molar-refractivity contribution in [2.45, 2.75) is 25.1 Å². The lowest BCUT2D eigenvalue weighted by Gasteiger charge is -2.28. The molecule has 2 aromatic rings. The highest BCUT2D eigenvalue weighted by Crippen LogP contribution is 2.14. The van der Waals surface area contributed by atoms with E-state index in [9.17, 15) is 9.59 Å². The smallest absolute Gasteiger partial charge is 0.242 e. The van der Waals surface area contributed by atoms with Gasteiger partial charge in [0.2, 0.25) is 11.8 Å². The van der Waals surface area contributed by atoms with Crippen LogP contribution in [0.4, 0.5) is 0 Å². The molecule has 2 amide bonds. The van der Waals surface area contributed by atoms with Crippen LogP contribution in [0.3, 0.4) is 0 Å². The predicted molar refractivity (Wildman–Crippen MR) is 108 cm³/mol. The first-order valence-electron chi connectivity index (χ1n) is 8.78. The topological polar surface area (TPSA) is 49.4 Å². The molecule has 1 N–H and O–H groups in total. The zero-order chi connectivity index (χ0) is 18.8. The Morgan fingerprint density at radius 1 is 1.00 bits per heavy atom. The molecule has 0 spiro atoms. The highest BCUT2D eigenvalue weighted by atomic mass is 32.2. The zero-order valence-corrected chi connectivity index (χ0v) is 16.2. The van der Waals surface area contributed by atoms with Gasteiger partial charge in [0.05, 0.1) is 5.75 Å². The van der Waals surface area contributed by atoms with Crippen molar-refractivity contribution < 1.29 is 9.59 Å². The Labute approximate surface area is 160 Å². The van der Waals surface area contributed by atoms with E-state index in [1.54, 1.807) is 30.6 Å². The number of hydrogen-bond acceptors (Lipinski definition) is 3. The summed E-state index contributed by atoms with van der Waals surface area (Å²) in [5, 5.41) is 2.64. The average Bonchev–Trinajstić information content (AvgIpc) is 2.69. The minimum absolute atomic E-state index is 0.00189. The lowest BCUT2D eigenvalue weighted by atomic mass is 10.1. The van der Waals surface area contributed by atoms with Gasteiger partial charge in [0.25, 0.3) is 0 Å². The summed E-state index contributed by atoms with van der Waals surface area (Å²) in [6.45, 7) is 2.31. The summed E-state index contributed by atoms with van der Waals surface area (Å²) in [6.07, 6.45) is 0.733. The average molecular weight is 371 g/mol. The maximum Gasteiger partial charge on any atom is 0.242 e. The number of carbonyl (C=O) groups excluding carboxylic acids is 2. The maximum absolute atomic E-state index is 12.7. The lowest BCUT2D eigenvalue weighted by molar-refractivity contribution is -0.137. The monoisotopic (exact) mass is 370 g/mol. The molecule has 5 heteroatoms. The van der Waals surface area contributed by atoms with E-state index in [0.717, 1.165) is 17.7 Å². The molecule has 0 aliphatic rings. The molecular formula is C21H26N2O2S. The molecule has 2 aromatic carbocycles. The van der Waals surface area contributed by atoms with Gasteiger partial charge in [-0.2, -0.15) is 0 Å². The lowest BCUT2D eigenvalue weighted by Crippen LogP contribution is -2.48. The number of nitrogens with zero attached hydrogens (tertiary/aromatic N) is 1. The van der Waals surface area contributed by atoms with Crippen LogP contribution in [0.1, 0.15) is 18.1 Å². The number of hydrogen-bond donors (Lipinski definition) is 1. The number of likely N-dealkylation sites (N-methyl/N-ethyl adjacent to an activating group) is 1. The van der Waals surface area contributed by atoms with Gasteiger partial charge in [-0.15, -0.1) is 11.8 Å². The Kier molecular flexibility index (Phi) is 8.22. The van der Waals surface area contributed by atoms with Gasteiger partial charge in [-0.3, -0.25) is 9.59 Å². The van der Waals surface area contributed by atoms with E-state index < -0.39 is 6.04 Å². The quantitative estimate of drug-likeness (QED) is 0.738. The minimum atomic E-state index is -0.478. The second kappa shape index (κ2) is 10.7. The second-order valence-electron chi connectivity index (χ2n) is 6.09. The Balaban J connectivity index is 1.94. The van der Waals surface area contributed by atoms with Crippen LogP contribution in [0.15, 0.2) is 60.7 Å². The molecule has 0 aliphatic carbocycles. The molecule has 0 heterocycles. The molecule has 0 saturated carbocycles. The van der Waals surface area contributed by atoms with Gasteiger partial charge in [0.15, 0.2) is 0 Å². The minimum Gasteiger partial charge on any atom is -0.357 e. The van der Waals surface area contributed by atoms with Crippen molar-refractivity contribution in [2.75, 3.05) is 19.3 Å². The number of thioether (sulfide) groups is 1. The summed E-state index contributed by atoms with van der Waals surface area (Å²) < 4.78 is 0. The van der Waals surface area contributed by atoms with Gasteiger partial charge in [-0.25, -0.2) is 0 Å². The van der Waals surface area contributed by atoms with Crippen molar-refractivity contribution in [1.29, 1.82) is 0 Å². The predicted octanol–water partition coefficient (Wildman–Crippen LogP) is 3.13. The summed E-state index contributed by atoms with van der Waals surface area (Å²) in [6, 6.07) is 19.6. The van der Waals surface area contributed by atoms with E-state index in [-0.39, 0.29) is 11.8 Å². The highest BCUT2D eigenvalue weighted by Gasteiger charge is 2.24. The van der Waals surface area contributed by atoms with Gasteiger partial charge >= 0.3 is 0 Å². The van der Waals surface area contributed by atoms with Crippen molar-refractivity contribution in [3.63, 3.8) is 0 Å². The van der Waals surface area contributed by atoms with Crippen LogP contribution in [-0.2, 0) is 21.8 Å². The summed E-state index contributed by atoms with van der Waals surface area (Å²) in [4.78, 5) is 26.5. The molecule has 0 saturated heterocycles. The SMILES string of the molecule is CNC(=O)[C@@H](C)N(CCc1ccccc1)C(=O)CSCc1ccccc1. The Morgan fingerprint density at radius 3 is 2.15 bits per heavy atom. The first kappa shape index (κ1) is 20.0. The van der Waals surface area contributed by atoms with E-state index in [1.807, 2.05) is 48.5 Å². The maximum atomic E-state index is 12.7. The van der Waals surface area contributed by atoms with Crippen LogP contribution in [0.2, 0.25) is 0 Å². The fraction of sp³-hybridized carbons (Fsp3) is 0.333. The molecule has 0 aromatic heterocycles. The fourth-order valence-corrected chi connectivity index (χ4v) is 3.56. The van der Waals surface area contributed by atoms with Gasteiger partial charge in [0, 0.05) is 19.3 Å². The molecule has 26 heavy (non-hydrogen) atoms. The van der Waals surface area contributed by atoms with Gasteiger partial charge < -0.3 is 10.2 Å². The number of benzene rings is 2. The van der Waals surface area contributed by atoms with Gasteiger partial charge in [0.1, 0.15) is 6.04 Å². The second-order valence-corrected chi connectivity index (χ2v) is 7.08. The van der Waals surface area contributed by atoms with E-state index in [4.69, 9.17) is 0 Å². The molecule has 138 valence electrons. The summed E-state index contributed by atoms with van der Waals surface area (Å²) >= 11 is 1.58. The zero-order valence-electron chi connectivity index (χ0n) is 15.4. The third-order valence-corrected chi connectivity index (χ3v) is 5.22. The molecule has 0 unspecified atom stereocenters. The van der Waals surface area contributed by atoms with Gasteiger partial charge in [-0.1, -0.05) is 60.7 Å². The van der Waals surface area contributed by atoms with Crippen molar-refractivity contribution in [3.8, 4) is 0 Å². The number of carbonyl (C=O) groups is 2. The van der Waals surface area contributed by atoms with E-state index >= 15 is 0 Å². The first-order valence-corrected chi connectivity index (χ1v) is 9.94. The first-order chi connectivity index (χ1) is 12.6. The van der Waals surface area contributed by atoms with Crippen LogP contribution in [-0.4, -0.2) is 42.1 Å². The molecule has 1 atom stereocenters. The van der Waals surface area contributed by atoms with Crippen LogP contribution in [0.25, 0.3) is 0 Å². The molecular weight excluding hydrogens is 344 g/mol. The molecule has 0 fully saturated rings.